The SMILES string of the molecule is CC(Cn1cccn1)C(=O)NCCC1=CCCCC1. The maximum atomic E-state index is 11.9. The standard InChI is InChI=1S/C15H23N3O/c1-13(12-18-11-5-9-17-18)15(19)16-10-8-14-6-3-2-4-7-14/h5-6,9,11,13H,2-4,7-8,10,12H2,1H3,(H,16,19). The molecule has 19 heavy (non-hydrogen) atoms. The molecule has 1 N–H and O–H groups in total. The second kappa shape index (κ2) is 7.12. The second-order valence-electron chi connectivity index (χ2n) is 5.28. The van der Waals surface area contributed by atoms with Gasteiger partial charge in [-0.25, -0.2) is 0 Å². The molecule has 1 aliphatic carbocycles. The van der Waals surface area contributed by atoms with Crippen LogP contribution in [0, 0.1) is 5.92 Å². The van der Waals surface area contributed by atoms with E-state index >= 15 is 0 Å². The van der Waals surface area contributed by atoms with E-state index in [-0.39, 0.29) is 11.8 Å². The van der Waals surface area contributed by atoms with Gasteiger partial charge >= 0.3 is 0 Å². The summed E-state index contributed by atoms with van der Waals surface area (Å²) in [6, 6.07) is 1.88. The van der Waals surface area contributed by atoms with E-state index in [1.54, 1.807) is 10.9 Å². The Labute approximate surface area is 114 Å². The summed E-state index contributed by atoms with van der Waals surface area (Å²) in [5.74, 6) is 0.0761. The first-order valence-corrected chi connectivity index (χ1v) is 7.19. The number of nitrogens with zero attached hydrogens (tertiary/aromatic N) is 2. The monoisotopic (exact) mass is 261 g/mol. The first kappa shape index (κ1) is 13.8. The Morgan fingerprint density at radius 3 is 3.11 bits per heavy atom. The zero-order valence-electron chi connectivity index (χ0n) is 11.6. The zero-order valence-corrected chi connectivity index (χ0v) is 11.6. The van der Waals surface area contributed by atoms with Crippen molar-refractivity contribution in [2.75, 3.05) is 6.54 Å². The predicted molar refractivity (Wildman–Crippen MR) is 75.6 cm³/mol. The number of carbonyl (C=O) groups is 1. The second-order valence-corrected chi connectivity index (χ2v) is 5.28. The van der Waals surface area contributed by atoms with E-state index in [4.69, 9.17) is 0 Å². The van der Waals surface area contributed by atoms with Gasteiger partial charge in [-0.2, -0.15) is 5.10 Å². The molecule has 1 aromatic rings. The van der Waals surface area contributed by atoms with Gasteiger partial charge in [0.2, 0.25) is 5.91 Å². The number of amides is 1. The molecule has 4 nitrogen and oxygen atoms in total. The Balaban J connectivity index is 1.67. The molecule has 0 bridgehead atoms. The third kappa shape index (κ3) is 4.54. The Morgan fingerprint density at radius 1 is 1.53 bits per heavy atom. The molecule has 1 aromatic heterocycles. The molecular weight excluding hydrogens is 238 g/mol. The van der Waals surface area contributed by atoms with Gasteiger partial charge in [-0.1, -0.05) is 18.6 Å². The van der Waals surface area contributed by atoms with Gasteiger partial charge < -0.3 is 5.32 Å². The van der Waals surface area contributed by atoms with Gasteiger partial charge in [0.15, 0.2) is 0 Å². The Bertz CT molecular complexity index is 423. The minimum Gasteiger partial charge on any atom is -0.355 e. The molecule has 0 spiro atoms. The van der Waals surface area contributed by atoms with E-state index in [1.807, 2.05) is 19.2 Å². The molecule has 1 heterocycles. The van der Waals surface area contributed by atoms with Crippen molar-refractivity contribution >= 4 is 5.91 Å². The molecule has 1 aliphatic rings. The van der Waals surface area contributed by atoms with Gasteiger partial charge in [-0.05, 0) is 38.2 Å². The van der Waals surface area contributed by atoms with Crippen LogP contribution in [0.15, 0.2) is 30.1 Å². The molecule has 0 saturated carbocycles. The van der Waals surface area contributed by atoms with Crippen LogP contribution in [-0.2, 0) is 11.3 Å². The third-order valence-corrected chi connectivity index (χ3v) is 3.60. The van der Waals surface area contributed by atoms with Crippen LogP contribution in [-0.4, -0.2) is 22.2 Å². The largest absolute Gasteiger partial charge is 0.355 e. The smallest absolute Gasteiger partial charge is 0.224 e. The van der Waals surface area contributed by atoms with Gasteiger partial charge in [-0.3, -0.25) is 9.48 Å². The molecule has 1 amide bonds. The highest BCUT2D eigenvalue weighted by Crippen LogP contribution is 2.19. The number of carbonyl (C=O) groups excluding carboxylic acids is 1. The molecule has 0 fully saturated rings. The van der Waals surface area contributed by atoms with E-state index in [1.165, 1.54) is 31.3 Å². The summed E-state index contributed by atoms with van der Waals surface area (Å²) in [5, 5.41) is 7.14. The van der Waals surface area contributed by atoms with Crippen molar-refractivity contribution in [1.29, 1.82) is 0 Å². The van der Waals surface area contributed by atoms with Gasteiger partial charge in [-0.15, -0.1) is 0 Å². The molecule has 0 aliphatic heterocycles. The van der Waals surface area contributed by atoms with Crippen LogP contribution in [0.2, 0.25) is 0 Å². The van der Waals surface area contributed by atoms with Gasteiger partial charge in [0.1, 0.15) is 0 Å². The van der Waals surface area contributed by atoms with Crippen LogP contribution < -0.4 is 5.32 Å². The van der Waals surface area contributed by atoms with Crippen LogP contribution in [0.25, 0.3) is 0 Å². The highest BCUT2D eigenvalue weighted by Gasteiger charge is 2.13. The predicted octanol–water partition coefficient (Wildman–Crippen LogP) is 2.53. The highest BCUT2D eigenvalue weighted by atomic mass is 16.1. The number of allylic oxidation sites excluding steroid dienone is 1. The van der Waals surface area contributed by atoms with E-state index < -0.39 is 0 Å². The minimum atomic E-state index is -0.0414. The van der Waals surface area contributed by atoms with Crippen molar-refractivity contribution in [2.45, 2.75) is 45.6 Å². The van der Waals surface area contributed by atoms with Crippen LogP contribution >= 0.6 is 0 Å². The van der Waals surface area contributed by atoms with Gasteiger partial charge in [0, 0.05) is 18.9 Å². The molecule has 2 rings (SSSR count). The number of hydrogen-bond donors (Lipinski definition) is 1. The van der Waals surface area contributed by atoms with E-state index in [9.17, 15) is 4.79 Å². The first-order valence-electron chi connectivity index (χ1n) is 7.19. The summed E-state index contributed by atoms with van der Waals surface area (Å²) in [7, 11) is 0. The fourth-order valence-electron chi connectivity index (χ4n) is 2.42. The molecule has 104 valence electrons. The lowest BCUT2D eigenvalue weighted by molar-refractivity contribution is -0.124. The molecule has 0 radical (unpaired) electrons. The number of hydrogen-bond acceptors (Lipinski definition) is 2. The lowest BCUT2D eigenvalue weighted by Gasteiger charge is -2.15. The van der Waals surface area contributed by atoms with Crippen molar-refractivity contribution in [3.63, 3.8) is 0 Å². The minimum absolute atomic E-state index is 0.0414. The van der Waals surface area contributed by atoms with Crippen molar-refractivity contribution in [3.05, 3.63) is 30.1 Å². The Morgan fingerprint density at radius 2 is 2.42 bits per heavy atom. The lowest BCUT2D eigenvalue weighted by atomic mass is 9.97. The summed E-state index contributed by atoms with van der Waals surface area (Å²) in [4.78, 5) is 11.9. The van der Waals surface area contributed by atoms with Crippen molar-refractivity contribution in [2.24, 2.45) is 5.92 Å². The van der Waals surface area contributed by atoms with E-state index in [0.29, 0.717) is 6.54 Å². The van der Waals surface area contributed by atoms with Gasteiger partial charge in [0.05, 0.1) is 12.5 Å². The number of nitrogens with one attached hydrogen (secondary N) is 1. The number of rotatable bonds is 6. The van der Waals surface area contributed by atoms with Crippen molar-refractivity contribution in [1.82, 2.24) is 15.1 Å². The average molecular weight is 261 g/mol. The maximum absolute atomic E-state index is 11.9. The molecule has 4 heteroatoms. The quantitative estimate of drug-likeness (QED) is 0.800. The van der Waals surface area contributed by atoms with Crippen molar-refractivity contribution in [3.8, 4) is 0 Å². The summed E-state index contributed by atoms with van der Waals surface area (Å²) < 4.78 is 1.80. The summed E-state index contributed by atoms with van der Waals surface area (Å²) in [5.41, 5.74) is 1.51. The summed E-state index contributed by atoms with van der Waals surface area (Å²) in [6.07, 6.45) is 12.0. The van der Waals surface area contributed by atoms with E-state index in [2.05, 4.69) is 16.5 Å². The normalized spacial score (nSPS) is 16.8. The zero-order chi connectivity index (χ0) is 13.5. The molecular formula is C15H23N3O. The van der Waals surface area contributed by atoms with E-state index in [0.717, 1.165) is 13.0 Å². The van der Waals surface area contributed by atoms with Crippen LogP contribution in [0.3, 0.4) is 0 Å². The van der Waals surface area contributed by atoms with Crippen LogP contribution in [0.5, 0.6) is 0 Å². The topological polar surface area (TPSA) is 46.9 Å². The third-order valence-electron chi connectivity index (χ3n) is 3.60. The van der Waals surface area contributed by atoms with Gasteiger partial charge in [0.25, 0.3) is 0 Å². The average Bonchev–Trinajstić information content (AvgIpc) is 2.92. The number of aromatic nitrogens is 2. The lowest BCUT2D eigenvalue weighted by Crippen LogP contribution is -2.32. The molecule has 1 unspecified atom stereocenters. The molecule has 0 saturated heterocycles. The summed E-state index contributed by atoms with van der Waals surface area (Å²) in [6.45, 7) is 3.34. The van der Waals surface area contributed by atoms with Crippen molar-refractivity contribution < 1.29 is 4.79 Å². The highest BCUT2D eigenvalue weighted by molar-refractivity contribution is 5.78. The summed E-state index contributed by atoms with van der Waals surface area (Å²) >= 11 is 0. The fraction of sp³-hybridized carbons (Fsp3) is 0.600. The Kier molecular flexibility index (Phi) is 5.19. The molecule has 1 atom stereocenters. The van der Waals surface area contributed by atoms with Crippen LogP contribution in [0.1, 0.15) is 39.0 Å². The maximum Gasteiger partial charge on any atom is 0.224 e. The van der Waals surface area contributed by atoms with Crippen LogP contribution in [0.4, 0.5) is 0 Å². The first-order chi connectivity index (χ1) is 9.25. The fourth-order valence-corrected chi connectivity index (χ4v) is 2.42. The Hall–Kier alpha value is -1.58. The molecule has 0 aromatic carbocycles.